The van der Waals surface area contributed by atoms with Crippen LogP contribution in [0.5, 0.6) is 11.5 Å². The molecule has 0 saturated carbocycles. The SMILES string of the molecule is CCc1cc(Oc2[c-]c3c(cc2)c2ccccc2n3-c2cc(C)ccn2)[c-]c(-n2nc(C)c(C3C(C)=C(C)[C@H](C)[C@H](C)[C@@H]3C)c2C)c1.[Pt+2]. The number of rotatable bonds is 6. The predicted octanol–water partition coefficient (Wildman–Crippen LogP) is 10.6. The fraction of sp³-hybridized carbons (Fsp3) is 0.333. The van der Waals surface area contributed by atoms with Crippen LogP contribution in [0.1, 0.15) is 75.5 Å². The van der Waals surface area contributed by atoms with Crippen molar-refractivity contribution >= 4 is 21.8 Å². The van der Waals surface area contributed by atoms with E-state index in [1.807, 2.05) is 18.3 Å². The molecule has 0 N–H and O–H groups in total. The Balaban J connectivity index is 0.00000401. The van der Waals surface area contributed by atoms with Crippen molar-refractivity contribution in [1.82, 2.24) is 19.3 Å². The van der Waals surface area contributed by atoms with Crippen LogP contribution in [0.25, 0.3) is 33.3 Å². The first-order valence-electron chi connectivity index (χ1n) is 16.9. The van der Waals surface area contributed by atoms with Gasteiger partial charge in [0.15, 0.2) is 0 Å². The van der Waals surface area contributed by atoms with Crippen LogP contribution in [0.4, 0.5) is 0 Å². The summed E-state index contributed by atoms with van der Waals surface area (Å²) in [7, 11) is 0. The Hall–Kier alpha value is -3.95. The zero-order chi connectivity index (χ0) is 33.1. The van der Waals surface area contributed by atoms with Crippen LogP contribution in [0, 0.1) is 50.7 Å². The van der Waals surface area contributed by atoms with E-state index in [0.29, 0.717) is 35.2 Å². The van der Waals surface area contributed by atoms with Gasteiger partial charge in [0, 0.05) is 40.4 Å². The summed E-state index contributed by atoms with van der Waals surface area (Å²) in [4.78, 5) is 4.72. The van der Waals surface area contributed by atoms with Gasteiger partial charge in [0.1, 0.15) is 5.82 Å². The topological polar surface area (TPSA) is 44.9 Å². The smallest absolute Gasteiger partial charge is 0.509 e. The van der Waals surface area contributed by atoms with Gasteiger partial charge in [0.2, 0.25) is 0 Å². The summed E-state index contributed by atoms with van der Waals surface area (Å²) >= 11 is 0. The van der Waals surface area contributed by atoms with Gasteiger partial charge < -0.3 is 9.30 Å². The number of benzene rings is 3. The minimum Gasteiger partial charge on any atom is -0.509 e. The number of hydrogen-bond donors (Lipinski definition) is 0. The summed E-state index contributed by atoms with van der Waals surface area (Å²) in [6, 6.07) is 28.1. The first-order chi connectivity index (χ1) is 22.6. The second-order valence-electron chi connectivity index (χ2n) is 13.7. The monoisotopic (exact) mass is 815 g/mol. The molecule has 0 amide bonds. The molecule has 4 atom stereocenters. The number of para-hydroxylation sites is 1. The zero-order valence-corrected chi connectivity index (χ0v) is 31.7. The van der Waals surface area contributed by atoms with Crippen molar-refractivity contribution in [2.45, 2.75) is 74.7 Å². The first kappa shape index (κ1) is 33.9. The molecule has 1 aliphatic carbocycles. The van der Waals surface area contributed by atoms with E-state index in [0.717, 1.165) is 51.0 Å². The van der Waals surface area contributed by atoms with Crippen molar-refractivity contribution in [2.24, 2.45) is 17.8 Å². The Bertz CT molecular complexity index is 2190. The molecule has 0 fully saturated rings. The molecule has 7 rings (SSSR count). The Labute approximate surface area is 299 Å². The largest absolute Gasteiger partial charge is 2.00 e. The van der Waals surface area contributed by atoms with Gasteiger partial charge in [0.25, 0.3) is 0 Å². The maximum atomic E-state index is 6.58. The summed E-state index contributed by atoms with van der Waals surface area (Å²) < 4.78 is 10.8. The molecule has 3 aromatic carbocycles. The van der Waals surface area contributed by atoms with Gasteiger partial charge in [-0.25, -0.2) is 4.98 Å². The molecule has 248 valence electrons. The molecule has 1 aliphatic rings. The van der Waals surface area contributed by atoms with E-state index in [2.05, 4.69) is 132 Å². The van der Waals surface area contributed by atoms with Crippen LogP contribution < -0.4 is 4.74 Å². The number of ether oxygens (including phenoxy) is 1. The quantitative estimate of drug-likeness (QED) is 0.124. The van der Waals surface area contributed by atoms with Crippen molar-refractivity contribution < 1.29 is 25.8 Å². The third-order valence-electron chi connectivity index (χ3n) is 11.0. The number of hydrogen-bond acceptors (Lipinski definition) is 3. The standard InChI is InChI=1S/C42H44N4O.Pt/c1-10-32-20-33(46-31(9)42(30(8)44-46)41-28(6)26(4)25(3)27(5)29(41)7)22-35(21-32)47-34-15-16-37-36-13-11-12-14-38(36)45(39(37)23-34)40-19-24(2)17-18-43-40;/h11-21,25-26,28,41H,10H2,1-9H3;/q-2;+2/t25-,26+,28+,41?;/m1./s1. The minimum atomic E-state index is 0. The van der Waals surface area contributed by atoms with Crippen LogP contribution >= 0.6 is 0 Å². The number of aromatic nitrogens is 4. The zero-order valence-electron chi connectivity index (χ0n) is 29.4. The Morgan fingerprint density at radius 2 is 1.58 bits per heavy atom. The minimum absolute atomic E-state index is 0. The van der Waals surface area contributed by atoms with E-state index in [-0.39, 0.29) is 21.1 Å². The molecule has 1 unspecified atom stereocenters. The molecular weight excluding hydrogens is 772 g/mol. The second-order valence-corrected chi connectivity index (χ2v) is 13.7. The Morgan fingerprint density at radius 1 is 0.812 bits per heavy atom. The van der Waals surface area contributed by atoms with E-state index < -0.39 is 0 Å². The molecule has 0 spiro atoms. The molecule has 0 radical (unpaired) electrons. The van der Waals surface area contributed by atoms with Crippen molar-refractivity contribution in [3.8, 4) is 23.0 Å². The van der Waals surface area contributed by atoms with Crippen molar-refractivity contribution in [1.29, 1.82) is 0 Å². The number of pyridine rings is 1. The van der Waals surface area contributed by atoms with Crippen LogP contribution in [0.3, 0.4) is 0 Å². The average Bonchev–Trinajstić information content (AvgIpc) is 3.55. The summed E-state index contributed by atoms with van der Waals surface area (Å²) in [5.41, 5.74) is 11.9. The third-order valence-corrected chi connectivity index (χ3v) is 11.0. The molecule has 0 saturated heterocycles. The van der Waals surface area contributed by atoms with Gasteiger partial charge in [-0.15, -0.1) is 35.7 Å². The maximum absolute atomic E-state index is 6.58. The fourth-order valence-corrected chi connectivity index (χ4v) is 7.86. The summed E-state index contributed by atoms with van der Waals surface area (Å²) in [6.07, 6.45) is 2.73. The van der Waals surface area contributed by atoms with E-state index in [1.54, 1.807) is 0 Å². The van der Waals surface area contributed by atoms with Gasteiger partial charge in [0.05, 0.1) is 5.69 Å². The van der Waals surface area contributed by atoms with Gasteiger partial charge in [-0.3, -0.25) is 4.68 Å². The summed E-state index contributed by atoms with van der Waals surface area (Å²) in [5.74, 6) is 4.24. The predicted molar refractivity (Wildman–Crippen MR) is 192 cm³/mol. The van der Waals surface area contributed by atoms with Crippen LogP contribution in [0.2, 0.25) is 0 Å². The van der Waals surface area contributed by atoms with Crippen molar-refractivity contribution in [2.75, 3.05) is 0 Å². The Kier molecular flexibility index (Phi) is 9.30. The number of nitrogens with zero attached hydrogens (tertiary/aromatic N) is 4. The van der Waals surface area contributed by atoms with Gasteiger partial charge in [-0.2, -0.15) is 16.7 Å². The maximum Gasteiger partial charge on any atom is 2.00 e. The first-order valence-corrected chi connectivity index (χ1v) is 16.9. The van der Waals surface area contributed by atoms with E-state index in [9.17, 15) is 0 Å². The Morgan fingerprint density at radius 3 is 2.33 bits per heavy atom. The molecule has 6 aromatic rings. The molecule has 0 bridgehead atoms. The van der Waals surface area contributed by atoms with Gasteiger partial charge >= 0.3 is 21.1 Å². The number of allylic oxidation sites excluding steroid dienone is 2. The molecule has 0 aliphatic heterocycles. The normalized spacial score (nSPS) is 19.6. The molecule has 48 heavy (non-hydrogen) atoms. The third kappa shape index (κ3) is 5.64. The van der Waals surface area contributed by atoms with Crippen LogP contribution in [0.15, 0.2) is 78.0 Å². The van der Waals surface area contributed by atoms with E-state index in [4.69, 9.17) is 14.8 Å². The average molecular weight is 816 g/mol. The van der Waals surface area contributed by atoms with E-state index in [1.165, 1.54) is 28.0 Å². The molecule has 6 heteroatoms. The number of aryl methyl sites for hydroxylation is 3. The molecule has 3 aromatic heterocycles. The van der Waals surface area contributed by atoms with Crippen LogP contribution in [-0.4, -0.2) is 19.3 Å². The van der Waals surface area contributed by atoms with E-state index >= 15 is 0 Å². The van der Waals surface area contributed by atoms with Crippen LogP contribution in [-0.2, 0) is 27.5 Å². The molecule has 3 heterocycles. The van der Waals surface area contributed by atoms with Gasteiger partial charge in [-0.1, -0.05) is 69.0 Å². The molecule has 5 nitrogen and oxygen atoms in total. The van der Waals surface area contributed by atoms with Gasteiger partial charge in [-0.05, 0) is 87.2 Å². The van der Waals surface area contributed by atoms with Crippen molar-refractivity contribution in [3.63, 3.8) is 0 Å². The number of fused-ring (bicyclic) bond motifs is 3. The second kappa shape index (κ2) is 13.2. The summed E-state index contributed by atoms with van der Waals surface area (Å²) in [6.45, 7) is 20.5. The summed E-state index contributed by atoms with van der Waals surface area (Å²) in [5, 5.41) is 7.39. The molecular formula is C42H44N4OPt. The fourth-order valence-electron chi connectivity index (χ4n) is 7.86. The van der Waals surface area contributed by atoms with Crippen molar-refractivity contribution in [3.05, 3.63) is 118 Å².